The topological polar surface area (TPSA) is 61.4 Å². The highest BCUT2D eigenvalue weighted by Crippen LogP contribution is 2.13. The molecule has 3 N–H and O–H groups in total. The Hall–Kier alpha value is -0.520. The van der Waals surface area contributed by atoms with Crippen molar-refractivity contribution in [3.05, 3.63) is 11.1 Å². The molecule has 16 heavy (non-hydrogen) atoms. The van der Waals surface area contributed by atoms with Gasteiger partial charge in [0.15, 0.2) is 0 Å². The summed E-state index contributed by atoms with van der Waals surface area (Å²) in [6.07, 6.45) is 1.94. The number of hydrogen-bond donors (Lipinski definition) is 3. The van der Waals surface area contributed by atoms with Gasteiger partial charge in [-0.3, -0.25) is 4.79 Å². The van der Waals surface area contributed by atoms with Crippen molar-refractivity contribution >= 4 is 17.7 Å². The van der Waals surface area contributed by atoms with Crippen LogP contribution < -0.4 is 10.6 Å². The van der Waals surface area contributed by atoms with E-state index in [0.717, 1.165) is 18.7 Å². The fourth-order valence-electron chi connectivity index (χ4n) is 1.52. The lowest BCUT2D eigenvalue weighted by molar-refractivity contribution is -0.118. The molecule has 1 amide bonds. The van der Waals surface area contributed by atoms with Crippen LogP contribution in [0.4, 0.5) is 0 Å². The summed E-state index contributed by atoms with van der Waals surface area (Å²) in [5.74, 6) is -0.0171. The molecule has 4 nitrogen and oxygen atoms in total. The minimum atomic E-state index is -0.0175. The standard InChI is InChI=1S/C11H20N2O2S/c1-7(9-4-12-5-9)11(15)13-8(2)10(6-14)16-3/h8,10,12,14H,4-6H2,1-3H3,(H,13,15). The van der Waals surface area contributed by atoms with E-state index >= 15 is 0 Å². The average Bonchev–Trinajstić information content (AvgIpc) is 2.16. The monoisotopic (exact) mass is 244 g/mol. The summed E-state index contributed by atoms with van der Waals surface area (Å²) in [5.41, 5.74) is 1.98. The first-order valence-electron chi connectivity index (χ1n) is 5.44. The molecule has 92 valence electrons. The maximum Gasteiger partial charge on any atom is 0.247 e. The molecule has 1 saturated heterocycles. The van der Waals surface area contributed by atoms with Crippen molar-refractivity contribution in [2.24, 2.45) is 0 Å². The van der Waals surface area contributed by atoms with Crippen molar-refractivity contribution in [1.29, 1.82) is 0 Å². The number of nitrogens with one attached hydrogen (secondary N) is 2. The molecule has 1 rings (SSSR count). The Morgan fingerprint density at radius 3 is 2.62 bits per heavy atom. The van der Waals surface area contributed by atoms with E-state index in [-0.39, 0.29) is 23.8 Å². The smallest absolute Gasteiger partial charge is 0.247 e. The van der Waals surface area contributed by atoms with Gasteiger partial charge in [-0.2, -0.15) is 11.8 Å². The molecule has 1 heterocycles. The Labute approximate surface area is 101 Å². The molecule has 0 aliphatic carbocycles. The Bertz CT molecular complexity index is 282. The summed E-state index contributed by atoms with van der Waals surface area (Å²) in [7, 11) is 0. The molecular formula is C11H20N2O2S. The minimum Gasteiger partial charge on any atom is -0.395 e. The predicted molar refractivity (Wildman–Crippen MR) is 67.6 cm³/mol. The van der Waals surface area contributed by atoms with Gasteiger partial charge in [-0.1, -0.05) is 0 Å². The number of carbonyl (C=O) groups excluding carboxylic acids is 1. The van der Waals surface area contributed by atoms with Gasteiger partial charge >= 0.3 is 0 Å². The molecule has 0 spiro atoms. The number of aliphatic hydroxyl groups excluding tert-OH is 1. The van der Waals surface area contributed by atoms with Gasteiger partial charge in [-0.15, -0.1) is 0 Å². The summed E-state index contributed by atoms with van der Waals surface area (Å²) >= 11 is 1.57. The molecule has 1 aliphatic rings. The lowest BCUT2D eigenvalue weighted by atomic mass is 10.0. The third-order valence-electron chi connectivity index (χ3n) is 2.95. The van der Waals surface area contributed by atoms with Gasteiger partial charge in [0.2, 0.25) is 5.91 Å². The lowest BCUT2D eigenvalue weighted by Crippen LogP contribution is -2.43. The fourth-order valence-corrected chi connectivity index (χ4v) is 2.15. The molecule has 0 radical (unpaired) electrons. The van der Waals surface area contributed by atoms with Crippen LogP contribution in [0, 0.1) is 0 Å². The highest BCUT2D eigenvalue weighted by molar-refractivity contribution is 7.99. The average molecular weight is 244 g/mol. The number of rotatable bonds is 5. The summed E-state index contributed by atoms with van der Waals surface area (Å²) in [6.45, 7) is 5.50. The second-order valence-electron chi connectivity index (χ2n) is 4.05. The summed E-state index contributed by atoms with van der Waals surface area (Å²) in [6, 6.07) is -0.0175. The Kier molecular flexibility index (Phi) is 5.31. The maximum atomic E-state index is 11.8. The second-order valence-corrected chi connectivity index (χ2v) is 5.13. The fraction of sp³-hybridized carbons (Fsp3) is 0.727. The number of aliphatic hydroxyl groups is 1. The number of carbonyl (C=O) groups is 1. The van der Waals surface area contributed by atoms with Gasteiger partial charge in [-0.25, -0.2) is 0 Å². The maximum absolute atomic E-state index is 11.8. The molecule has 1 aliphatic heterocycles. The first-order chi connectivity index (χ1) is 7.60. The predicted octanol–water partition coefficient (Wildman–Crippen LogP) is 0.135. The zero-order chi connectivity index (χ0) is 12.1. The van der Waals surface area contributed by atoms with E-state index in [1.54, 1.807) is 11.8 Å². The molecule has 0 aromatic carbocycles. The van der Waals surface area contributed by atoms with Gasteiger partial charge in [0.1, 0.15) is 0 Å². The van der Waals surface area contributed by atoms with E-state index in [9.17, 15) is 4.79 Å². The third-order valence-corrected chi connectivity index (χ3v) is 4.11. The van der Waals surface area contributed by atoms with Crippen molar-refractivity contribution in [3.8, 4) is 0 Å². The van der Waals surface area contributed by atoms with Crippen LogP contribution in [0.15, 0.2) is 11.1 Å². The van der Waals surface area contributed by atoms with Gasteiger partial charge in [0.05, 0.1) is 6.61 Å². The van der Waals surface area contributed by atoms with Crippen molar-refractivity contribution in [1.82, 2.24) is 10.6 Å². The highest BCUT2D eigenvalue weighted by atomic mass is 32.2. The number of thioether (sulfide) groups is 1. The summed E-state index contributed by atoms with van der Waals surface area (Å²) < 4.78 is 0. The molecule has 2 atom stereocenters. The summed E-state index contributed by atoms with van der Waals surface area (Å²) in [5, 5.41) is 15.2. The summed E-state index contributed by atoms with van der Waals surface area (Å²) in [4.78, 5) is 11.8. The van der Waals surface area contributed by atoms with E-state index in [1.807, 2.05) is 20.1 Å². The highest BCUT2D eigenvalue weighted by Gasteiger charge is 2.20. The second kappa shape index (κ2) is 6.27. The molecule has 0 aromatic rings. The van der Waals surface area contributed by atoms with Gasteiger partial charge < -0.3 is 15.7 Å². The SMILES string of the molecule is CSC(CO)C(C)NC(=O)C(C)=C1CNC1. The van der Waals surface area contributed by atoms with Crippen LogP contribution >= 0.6 is 11.8 Å². The van der Waals surface area contributed by atoms with Gasteiger partial charge in [-0.05, 0) is 25.7 Å². The normalized spacial score (nSPS) is 18.6. The van der Waals surface area contributed by atoms with Crippen LogP contribution in [-0.2, 0) is 4.79 Å². The Balaban J connectivity index is 2.50. The van der Waals surface area contributed by atoms with Crippen molar-refractivity contribution in [2.45, 2.75) is 25.1 Å². The molecule has 0 bridgehead atoms. The van der Waals surface area contributed by atoms with Crippen LogP contribution in [-0.4, -0.2) is 48.3 Å². The zero-order valence-corrected chi connectivity index (χ0v) is 10.9. The third kappa shape index (κ3) is 3.23. The molecule has 5 heteroatoms. The number of hydrogen-bond acceptors (Lipinski definition) is 4. The molecule has 2 unspecified atom stereocenters. The van der Waals surface area contributed by atoms with Crippen molar-refractivity contribution in [2.75, 3.05) is 26.0 Å². The van der Waals surface area contributed by atoms with E-state index in [0.29, 0.717) is 0 Å². The van der Waals surface area contributed by atoms with Crippen LogP contribution in [0.1, 0.15) is 13.8 Å². The van der Waals surface area contributed by atoms with Crippen LogP contribution in [0.25, 0.3) is 0 Å². The van der Waals surface area contributed by atoms with Gasteiger partial charge in [0.25, 0.3) is 0 Å². The molecule has 0 saturated carbocycles. The van der Waals surface area contributed by atoms with Crippen LogP contribution in [0.5, 0.6) is 0 Å². The van der Waals surface area contributed by atoms with Crippen molar-refractivity contribution in [3.63, 3.8) is 0 Å². The quantitative estimate of drug-likeness (QED) is 0.602. The Morgan fingerprint density at radius 2 is 2.25 bits per heavy atom. The van der Waals surface area contributed by atoms with Crippen molar-refractivity contribution < 1.29 is 9.90 Å². The molecular weight excluding hydrogens is 224 g/mol. The van der Waals surface area contributed by atoms with E-state index in [1.165, 1.54) is 5.57 Å². The van der Waals surface area contributed by atoms with Crippen LogP contribution in [0.2, 0.25) is 0 Å². The van der Waals surface area contributed by atoms with E-state index in [4.69, 9.17) is 5.11 Å². The Morgan fingerprint density at radius 1 is 1.62 bits per heavy atom. The first-order valence-corrected chi connectivity index (χ1v) is 6.72. The first kappa shape index (κ1) is 13.5. The molecule has 0 aromatic heterocycles. The minimum absolute atomic E-state index is 0.0171. The lowest BCUT2D eigenvalue weighted by Gasteiger charge is -2.25. The zero-order valence-electron chi connectivity index (χ0n) is 10.0. The number of amides is 1. The van der Waals surface area contributed by atoms with Crippen LogP contribution in [0.3, 0.4) is 0 Å². The van der Waals surface area contributed by atoms with E-state index < -0.39 is 0 Å². The largest absolute Gasteiger partial charge is 0.395 e. The molecule has 1 fully saturated rings. The van der Waals surface area contributed by atoms with Gasteiger partial charge in [0, 0.05) is 30.0 Å². The van der Waals surface area contributed by atoms with E-state index in [2.05, 4.69) is 10.6 Å².